The van der Waals surface area contributed by atoms with Crippen molar-refractivity contribution in [3.05, 3.63) is 24.3 Å². The number of carbonyl (C=O) groups excluding carboxylic acids is 1. The highest BCUT2D eigenvalue weighted by Gasteiger charge is 2.21. The Kier molecular flexibility index (Phi) is 4.60. The molecule has 1 amide bonds. The van der Waals surface area contributed by atoms with Crippen LogP contribution < -0.4 is 14.8 Å². The van der Waals surface area contributed by atoms with Gasteiger partial charge < -0.3 is 14.8 Å². The van der Waals surface area contributed by atoms with E-state index in [1.54, 1.807) is 0 Å². The highest BCUT2D eigenvalue weighted by molar-refractivity contribution is 5.78. The third kappa shape index (κ3) is 3.88. The van der Waals surface area contributed by atoms with Crippen LogP contribution in [-0.2, 0) is 4.79 Å². The normalized spacial score (nSPS) is 21.8. The van der Waals surface area contributed by atoms with Gasteiger partial charge in [0.15, 0.2) is 11.5 Å². The Morgan fingerprint density at radius 1 is 1.19 bits per heavy atom. The largest absolute Gasteiger partial charge is 0.486 e. The Hall–Kier alpha value is -1.75. The van der Waals surface area contributed by atoms with Crippen LogP contribution in [0.25, 0.3) is 0 Å². The van der Waals surface area contributed by atoms with E-state index in [4.69, 9.17) is 9.47 Å². The lowest BCUT2D eigenvalue weighted by atomic mass is 10.1. The Bertz CT molecular complexity index is 486. The maximum atomic E-state index is 12.0. The summed E-state index contributed by atoms with van der Waals surface area (Å²) in [6.07, 6.45) is 3.56. The number of benzene rings is 1. The number of amides is 1. The third-order valence-corrected chi connectivity index (χ3v) is 3.91. The molecule has 0 spiro atoms. The molecule has 21 heavy (non-hydrogen) atoms. The minimum absolute atomic E-state index is 0.0689. The summed E-state index contributed by atoms with van der Waals surface area (Å²) < 4.78 is 11.5. The van der Waals surface area contributed by atoms with Crippen LogP contribution in [-0.4, -0.2) is 49.7 Å². The molecule has 114 valence electrons. The van der Waals surface area contributed by atoms with Crippen LogP contribution in [0.5, 0.6) is 11.5 Å². The number of piperidine rings is 1. The molecule has 1 fully saturated rings. The Balaban J connectivity index is 1.42. The standard InChI is InChI=1S/C16H22N2O3/c19-16(11-18-8-4-1-5-9-18)17-10-13-12-20-14-6-2-3-7-15(14)21-13/h2-3,6-7,13H,1,4-5,8-12H2,(H,17,19)/t13-/m1/s1. The lowest BCUT2D eigenvalue weighted by molar-refractivity contribution is -0.123. The van der Waals surface area contributed by atoms with E-state index in [2.05, 4.69) is 10.2 Å². The summed E-state index contributed by atoms with van der Waals surface area (Å²) in [5.41, 5.74) is 0. The van der Waals surface area contributed by atoms with Gasteiger partial charge in [0.05, 0.1) is 13.1 Å². The van der Waals surface area contributed by atoms with Gasteiger partial charge in [0.2, 0.25) is 5.91 Å². The SMILES string of the molecule is O=C(CN1CCCCC1)NC[C@@H]1COc2ccccc2O1. The van der Waals surface area contributed by atoms with Crippen molar-refractivity contribution in [1.82, 2.24) is 10.2 Å². The Labute approximate surface area is 125 Å². The number of carbonyl (C=O) groups is 1. The van der Waals surface area contributed by atoms with Crippen molar-refractivity contribution < 1.29 is 14.3 Å². The Morgan fingerprint density at radius 3 is 2.76 bits per heavy atom. The van der Waals surface area contributed by atoms with Gasteiger partial charge in [-0.05, 0) is 38.1 Å². The second-order valence-electron chi connectivity index (χ2n) is 5.64. The number of nitrogens with zero attached hydrogens (tertiary/aromatic N) is 1. The molecule has 3 rings (SSSR count). The summed E-state index contributed by atoms with van der Waals surface area (Å²) in [7, 11) is 0. The molecule has 0 saturated carbocycles. The first-order valence-electron chi connectivity index (χ1n) is 7.69. The fourth-order valence-electron chi connectivity index (χ4n) is 2.77. The molecule has 5 nitrogen and oxygen atoms in total. The van der Waals surface area contributed by atoms with Crippen LogP contribution in [0.15, 0.2) is 24.3 Å². The van der Waals surface area contributed by atoms with Gasteiger partial charge in [0.25, 0.3) is 0 Å². The summed E-state index contributed by atoms with van der Waals surface area (Å²) in [5.74, 6) is 1.59. The van der Waals surface area contributed by atoms with Gasteiger partial charge in [-0.25, -0.2) is 0 Å². The van der Waals surface area contributed by atoms with Crippen LogP contribution in [0, 0.1) is 0 Å². The first kappa shape index (κ1) is 14.2. The minimum Gasteiger partial charge on any atom is -0.486 e. The number of nitrogens with one attached hydrogen (secondary N) is 1. The number of rotatable bonds is 4. The van der Waals surface area contributed by atoms with Gasteiger partial charge in [-0.3, -0.25) is 9.69 Å². The molecular formula is C16H22N2O3. The lowest BCUT2D eigenvalue weighted by Crippen LogP contribution is -2.45. The van der Waals surface area contributed by atoms with E-state index in [1.807, 2.05) is 24.3 Å². The summed E-state index contributed by atoms with van der Waals surface area (Å²) in [6, 6.07) is 7.61. The monoisotopic (exact) mass is 290 g/mol. The number of para-hydroxylation sites is 2. The maximum Gasteiger partial charge on any atom is 0.234 e. The Morgan fingerprint density at radius 2 is 1.95 bits per heavy atom. The number of likely N-dealkylation sites (tertiary alicyclic amines) is 1. The predicted octanol–water partition coefficient (Wildman–Crippen LogP) is 1.43. The van der Waals surface area contributed by atoms with Crippen LogP contribution in [0.1, 0.15) is 19.3 Å². The smallest absolute Gasteiger partial charge is 0.234 e. The molecule has 0 bridgehead atoms. The highest BCUT2D eigenvalue weighted by atomic mass is 16.6. The maximum absolute atomic E-state index is 12.0. The quantitative estimate of drug-likeness (QED) is 0.911. The molecule has 2 heterocycles. The summed E-state index contributed by atoms with van der Waals surface area (Å²) in [6.45, 7) is 3.51. The topological polar surface area (TPSA) is 50.8 Å². The van der Waals surface area contributed by atoms with E-state index < -0.39 is 0 Å². The van der Waals surface area contributed by atoms with Crippen LogP contribution in [0.3, 0.4) is 0 Å². The molecular weight excluding hydrogens is 268 g/mol. The van der Waals surface area contributed by atoms with Crippen molar-refractivity contribution in [3.8, 4) is 11.5 Å². The second kappa shape index (κ2) is 6.80. The predicted molar refractivity (Wildman–Crippen MR) is 79.7 cm³/mol. The zero-order chi connectivity index (χ0) is 14.5. The number of hydrogen-bond donors (Lipinski definition) is 1. The molecule has 0 radical (unpaired) electrons. The van der Waals surface area contributed by atoms with Crippen LogP contribution >= 0.6 is 0 Å². The molecule has 1 N–H and O–H groups in total. The van der Waals surface area contributed by atoms with E-state index in [1.165, 1.54) is 19.3 Å². The first-order chi connectivity index (χ1) is 10.3. The number of fused-ring (bicyclic) bond motifs is 1. The minimum atomic E-state index is -0.120. The number of ether oxygens (including phenoxy) is 2. The number of hydrogen-bond acceptors (Lipinski definition) is 4. The van der Waals surface area contributed by atoms with E-state index >= 15 is 0 Å². The molecule has 2 aliphatic heterocycles. The third-order valence-electron chi connectivity index (χ3n) is 3.91. The van der Waals surface area contributed by atoms with E-state index in [-0.39, 0.29) is 12.0 Å². The highest BCUT2D eigenvalue weighted by Crippen LogP contribution is 2.30. The lowest BCUT2D eigenvalue weighted by Gasteiger charge is -2.28. The van der Waals surface area contributed by atoms with Crippen molar-refractivity contribution in [2.45, 2.75) is 25.4 Å². The van der Waals surface area contributed by atoms with Crippen molar-refractivity contribution >= 4 is 5.91 Å². The molecule has 2 aliphatic rings. The molecule has 1 saturated heterocycles. The van der Waals surface area contributed by atoms with Gasteiger partial charge in [-0.1, -0.05) is 18.6 Å². The zero-order valence-electron chi connectivity index (χ0n) is 12.2. The van der Waals surface area contributed by atoms with Gasteiger partial charge in [0, 0.05) is 0 Å². The van der Waals surface area contributed by atoms with Crippen molar-refractivity contribution in [2.24, 2.45) is 0 Å². The summed E-state index contributed by atoms with van der Waals surface area (Å²) in [4.78, 5) is 14.2. The van der Waals surface area contributed by atoms with E-state index in [9.17, 15) is 4.79 Å². The van der Waals surface area contributed by atoms with Gasteiger partial charge in [0.1, 0.15) is 12.7 Å². The average Bonchev–Trinajstić information content (AvgIpc) is 2.54. The molecule has 5 heteroatoms. The summed E-state index contributed by atoms with van der Waals surface area (Å²) in [5, 5.41) is 2.94. The van der Waals surface area contributed by atoms with Crippen LogP contribution in [0.4, 0.5) is 0 Å². The molecule has 1 aromatic rings. The van der Waals surface area contributed by atoms with Gasteiger partial charge >= 0.3 is 0 Å². The van der Waals surface area contributed by atoms with Crippen molar-refractivity contribution in [2.75, 3.05) is 32.8 Å². The second-order valence-corrected chi connectivity index (χ2v) is 5.64. The molecule has 1 atom stereocenters. The fraction of sp³-hybridized carbons (Fsp3) is 0.562. The molecule has 0 aromatic heterocycles. The van der Waals surface area contributed by atoms with E-state index in [0.29, 0.717) is 19.7 Å². The molecule has 0 aliphatic carbocycles. The van der Waals surface area contributed by atoms with Crippen LogP contribution in [0.2, 0.25) is 0 Å². The van der Waals surface area contributed by atoms with Crippen molar-refractivity contribution in [3.63, 3.8) is 0 Å². The zero-order valence-corrected chi connectivity index (χ0v) is 12.2. The fourth-order valence-corrected chi connectivity index (χ4v) is 2.77. The average molecular weight is 290 g/mol. The van der Waals surface area contributed by atoms with Gasteiger partial charge in [-0.15, -0.1) is 0 Å². The van der Waals surface area contributed by atoms with Gasteiger partial charge in [-0.2, -0.15) is 0 Å². The first-order valence-corrected chi connectivity index (χ1v) is 7.69. The van der Waals surface area contributed by atoms with E-state index in [0.717, 1.165) is 24.6 Å². The molecule has 1 aromatic carbocycles. The van der Waals surface area contributed by atoms with Crippen molar-refractivity contribution in [1.29, 1.82) is 0 Å². The molecule has 0 unspecified atom stereocenters. The summed E-state index contributed by atoms with van der Waals surface area (Å²) >= 11 is 0.